The van der Waals surface area contributed by atoms with Crippen LogP contribution in [-0.4, -0.2) is 30.7 Å². The molecule has 0 spiro atoms. The van der Waals surface area contributed by atoms with Gasteiger partial charge in [-0.1, -0.05) is 0 Å². The molecular formula is C4H11NaO5S. The van der Waals surface area contributed by atoms with Crippen molar-refractivity contribution in [2.24, 2.45) is 0 Å². The van der Waals surface area contributed by atoms with Gasteiger partial charge in [0.25, 0.3) is 0 Å². The number of hydrogen-bond acceptors (Lipinski definition) is 3. The van der Waals surface area contributed by atoms with Crippen LogP contribution in [0.4, 0.5) is 0 Å². The van der Waals surface area contributed by atoms with E-state index in [0.717, 1.165) is 13.2 Å². The van der Waals surface area contributed by atoms with E-state index in [1.165, 1.54) is 12.8 Å². The molecule has 1 saturated heterocycles. The van der Waals surface area contributed by atoms with Crippen molar-refractivity contribution in [1.29, 1.82) is 0 Å². The molecule has 0 unspecified atom stereocenters. The van der Waals surface area contributed by atoms with Crippen LogP contribution < -0.4 is 29.6 Å². The topological polar surface area (TPSA) is 83.8 Å². The first-order valence-electron chi connectivity index (χ1n) is 2.78. The standard InChI is InChI=1S/C4H8O.Na.H2O4S.H/c1-2-4-5-3-1;;1-5(2,3)4;/h1-4H2;;(H2,1,2,3,4);/q;+1;;-1. The molecule has 1 aliphatic rings. The van der Waals surface area contributed by atoms with E-state index in [2.05, 4.69) is 0 Å². The minimum absolute atomic E-state index is 0. The van der Waals surface area contributed by atoms with Crippen molar-refractivity contribution in [3.63, 3.8) is 0 Å². The molecule has 1 fully saturated rings. The van der Waals surface area contributed by atoms with E-state index in [9.17, 15) is 0 Å². The largest absolute Gasteiger partial charge is 1.00 e. The minimum atomic E-state index is -4.67. The third-order valence-electron chi connectivity index (χ3n) is 0.827. The maximum Gasteiger partial charge on any atom is 1.00 e. The van der Waals surface area contributed by atoms with Gasteiger partial charge in [-0.25, -0.2) is 0 Å². The zero-order valence-corrected chi connectivity index (χ0v) is 9.17. The van der Waals surface area contributed by atoms with Crippen molar-refractivity contribution in [3.8, 4) is 0 Å². The molecule has 2 N–H and O–H groups in total. The second kappa shape index (κ2) is 7.48. The van der Waals surface area contributed by atoms with E-state index >= 15 is 0 Å². The van der Waals surface area contributed by atoms with Gasteiger partial charge in [0.15, 0.2) is 0 Å². The summed E-state index contributed by atoms with van der Waals surface area (Å²) >= 11 is 0. The van der Waals surface area contributed by atoms with Crippen molar-refractivity contribution in [2.75, 3.05) is 13.2 Å². The van der Waals surface area contributed by atoms with Crippen molar-refractivity contribution in [1.82, 2.24) is 0 Å². The Labute approximate surface area is 89.5 Å². The maximum absolute atomic E-state index is 8.74. The molecule has 0 saturated carbocycles. The maximum atomic E-state index is 8.74. The van der Waals surface area contributed by atoms with Gasteiger partial charge >= 0.3 is 40.0 Å². The Kier molecular flexibility index (Phi) is 9.76. The summed E-state index contributed by atoms with van der Waals surface area (Å²) in [4.78, 5) is 0. The van der Waals surface area contributed by atoms with E-state index in [4.69, 9.17) is 22.3 Å². The SMILES string of the molecule is C1CCOC1.O=S(=O)(O)O.[H-].[Na+]. The van der Waals surface area contributed by atoms with Crippen molar-refractivity contribution in [2.45, 2.75) is 12.8 Å². The van der Waals surface area contributed by atoms with E-state index in [1.54, 1.807) is 0 Å². The van der Waals surface area contributed by atoms with Crippen LogP contribution >= 0.6 is 0 Å². The molecule has 64 valence electrons. The van der Waals surface area contributed by atoms with Crippen LogP contribution in [0.3, 0.4) is 0 Å². The van der Waals surface area contributed by atoms with Gasteiger partial charge in [-0.15, -0.1) is 0 Å². The van der Waals surface area contributed by atoms with E-state index in [-0.39, 0.29) is 31.0 Å². The summed E-state index contributed by atoms with van der Waals surface area (Å²) in [5, 5.41) is 0. The fraction of sp³-hybridized carbons (Fsp3) is 1.00. The van der Waals surface area contributed by atoms with Gasteiger partial charge in [-0.2, -0.15) is 8.42 Å². The van der Waals surface area contributed by atoms with E-state index in [1.807, 2.05) is 0 Å². The Morgan fingerprint density at radius 1 is 1.18 bits per heavy atom. The zero-order chi connectivity index (χ0) is 8.04. The molecule has 0 aliphatic carbocycles. The molecule has 0 atom stereocenters. The smallest absolute Gasteiger partial charge is 1.00 e. The molecule has 1 rings (SSSR count). The van der Waals surface area contributed by atoms with Gasteiger partial charge in [0.2, 0.25) is 0 Å². The Balaban J connectivity index is -0.000000116. The summed E-state index contributed by atoms with van der Waals surface area (Å²) in [6.45, 7) is 2.00. The van der Waals surface area contributed by atoms with Crippen LogP contribution in [0.25, 0.3) is 0 Å². The first kappa shape index (κ1) is 14.4. The predicted octanol–water partition coefficient (Wildman–Crippen LogP) is -2.74. The fourth-order valence-corrected chi connectivity index (χ4v) is 0.510. The zero-order valence-electron chi connectivity index (χ0n) is 7.36. The summed E-state index contributed by atoms with van der Waals surface area (Å²) in [6.07, 6.45) is 2.56. The van der Waals surface area contributed by atoms with Gasteiger partial charge in [0.05, 0.1) is 0 Å². The van der Waals surface area contributed by atoms with Crippen molar-refractivity contribution in [3.05, 3.63) is 0 Å². The molecule has 0 amide bonds. The van der Waals surface area contributed by atoms with Gasteiger partial charge in [0.1, 0.15) is 0 Å². The van der Waals surface area contributed by atoms with Crippen LogP contribution in [0.15, 0.2) is 0 Å². The van der Waals surface area contributed by atoms with Gasteiger partial charge in [-0.05, 0) is 12.8 Å². The van der Waals surface area contributed by atoms with Crippen LogP contribution in [-0.2, 0) is 15.1 Å². The predicted molar refractivity (Wildman–Crippen MR) is 35.3 cm³/mol. The van der Waals surface area contributed by atoms with Gasteiger partial charge in [0, 0.05) is 13.2 Å². The molecule has 11 heavy (non-hydrogen) atoms. The van der Waals surface area contributed by atoms with Crippen LogP contribution in [0.1, 0.15) is 14.3 Å². The molecule has 5 nitrogen and oxygen atoms in total. The van der Waals surface area contributed by atoms with Crippen molar-refractivity contribution >= 4 is 10.4 Å². The molecule has 7 heteroatoms. The molecule has 1 aliphatic heterocycles. The molecule has 0 aromatic rings. The molecule has 0 radical (unpaired) electrons. The fourth-order valence-electron chi connectivity index (χ4n) is 0.510. The van der Waals surface area contributed by atoms with E-state index in [0.29, 0.717) is 0 Å². The second-order valence-electron chi connectivity index (χ2n) is 1.77. The average molecular weight is 194 g/mol. The number of rotatable bonds is 0. The summed E-state index contributed by atoms with van der Waals surface area (Å²) in [7, 11) is -4.67. The normalized spacial score (nSPS) is 16.2. The number of ether oxygens (including phenoxy) is 1. The Morgan fingerprint density at radius 2 is 1.45 bits per heavy atom. The molecule has 0 aromatic carbocycles. The summed E-state index contributed by atoms with van der Waals surface area (Å²) in [5.74, 6) is 0. The quantitative estimate of drug-likeness (QED) is 0.323. The third kappa shape index (κ3) is 24.8. The van der Waals surface area contributed by atoms with Crippen molar-refractivity contribution < 1.29 is 53.2 Å². The molecular weight excluding hydrogens is 183 g/mol. The van der Waals surface area contributed by atoms with E-state index < -0.39 is 10.4 Å². The molecule has 0 bridgehead atoms. The Morgan fingerprint density at radius 3 is 1.55 bits per heavy atom. The second-order valence-corrected chi connectivity index (χ2v) is 2.66. The minimum Gasteiger partial charge on any atom is -1.00 e. The molecule has 1 heterocycles. The third-order valence-corrected chi connectivity index (χ3v) is 0.827. The monoisotopic (exact) mass is 194 g/mol. The van der Waals surface area contributed by atoms with Gasteiger partial charge in [-0.3, -0.25) is 9.11 Å². The Hall–Kier alpha value is 0.830. The van der Waals surface area contributed by atoms with Crippen LogP contribution in [0.2, 0.25) is 0 Å². The van der Waals surface area contributed by atoms with Gasteiger partial charge < -0.3 is 6.16 Å². The average Bonchev–Trinajstić information content (AvgIpc) is 2.07. The van der Waals surface area contributed by atoms with Crippen LogP contribution in [0.5, 0.6) is 0 Å². The first-order valence-corrected chi connectivity index (χ1v) is 4.17. The first-order chi connectivity index (χ1) is 4.50. The molecule has 0 aromatic heterocycles. The summed E-state index contributed by atoms with van der Waals surface area (Å²) in [5.41, 5.74) is 0. The summed E-state index contributed by atoms with van der Waals surface area (Å²) in [6, 6.07) is 0. The Bertz CT molecular complexity index is 151. The summed E-state index contributed by atoms with van der Waals surface area (Å²) < 4.78 is 36.5. The number of hydrogen-bond donors (Lipinski definition) is 2. The van der Waals surface area contributed by atoms with Crippen LogP contribution in [0, 0.1) is 0 Å².